The van der Waals surface area contributed by atoms with Crippen LogP contribution in [0.4, 0.5) is 8.78 Å². The number of ether oxygens (including phenoxy) is 3. The molecule has 214 valence electrons. The maximum Gasteiger partial charge on any atom is 0.333 e. The molecule has 1 fully saturated rings. The van der Waals surface area contributed by atoms with Gasteiger partial charge in [0.1, 0.15) is 52.3 Å². The van der Waals surface area contributed by atoms with Gasteiger partial charge < -0.3 is 19.3 Å². The number of carboxylic acids is 1. The number of alkyl halides is 1. The molecule has 1 saturated heterocycles. The smallest absolute Gasteiger partial charge is 0.333 e. The number of hydrogen-bond donors (Lipinski definition) is 1. The van der Waals surface area contributed by atoms with E-state index in [4.69, 9.17) is 14.2 Å². The number of thiophene rings is 1. The summed E-state index contributed by atoms with van der Waals surface area (Å²) in [5.74, 6) is -1.87. The zero-order valence-corrected chi connectivity index (χ0v) is 23.1. The standard InChI is InChI=1S/C27H29F2N3O7S/c1-15-21(13-30)40-24-22(15)23(33)32(27(2,3)25(34)35)26(36)31(24)14-20(39-17-6-9-37-10-7-17)18-12-16(29)4-5-19(18)38-11-8-28/h4-5,12,17,20H,6-11,14H2,1-3H3,(H,34,35)/t20-/m1/s1. The predicted molar refractivity (Wildman–Crippen MR) is 142 cm³/mol. The fraction of sp³-hybridized carbons (Fsp3) is 0.481. The Kier molecular flexibility index (Phi) is 8.72. The van der Waals surface area contributed by atoms with E-state index < -0.39 is 41.4 Å². The van der Waals surface area contributed by atoms with Gasteiger partial charge in [-0.25, -0.2) is 22.9 Å². The molecule has 0 unspecified atom stereocenters. The Morgan fingerprint density at radius 3 is 2.65 bits per heavy atom. The Hall–Kier alpha value is -3.60. The zero-order valence-electron chi connectivity index (χ0n) is 22.2. The van der Waals surface area contributed by atoms with Crippen LogP contribution in [0.1, 0.15) is 48.8 Å². The van der Waals surface area contributed by atoms with E-state index in [9.17, 15) is 33.5 Å². The van der Waals surface area contributed by atoms with Gasteiger partial charge in [-0.2, -0.15) is 5.26 Å². The summed E-state index contributed by atoms with van der Waals surface area (Å²) in [6, 6.07) is 5.70. The van der Waals surface area contributed by atoms with Crippen LogP contribution < -0.4 is 16.0 Å². The third-order valence-corrected chi connectivity index (χ3v) is 8.14. The number of carbonyl (C=O) groups is 1. The van der Waals surface area contributed by atoms with E-state index >= 15 is 0 Å². The van der Waals surface area contributed by atoms with Crippen molar-refractivity contribution >= 4 is 27.5 Å². The first kappa shape index (κ1) is 29.4. The van der Waals surface area contributed by atoms with Crippen LogP contribution in [0, 0.1) is 24.1 Å². The van der Waals surface area contributed by atoms with Gasteiger partial charge in [0.05, 0.1) is 18.0 Å². The Balaban J connectivity index is 1.97. The molecule has 3 heterocycles. The number of rotatable bonds is 10. The number of nitrogens with zero attached hydrogens (tertiary/aromatic N) is 3. The molecule has 13 heteroatoms. The number of aromatic nitrogens is 2. The SMILES string of the molecule is Cc1c(C#N)sc2c1c(=O)n(C(C)(C)C(=O)O)c(=O)n2C[C@@H](OC1CCOCC1)c1cc(F)ccc1OCCF. The topological polar surface area (TPSA) is 133 Å². The molecule has 1 atom stereocenters. The van der Waals surface area contributed by atoms with Crippen molar-refractivity contribution in [3.63, 3.8) is 0 Å². The van der Waals surface area contributed by atoms with Gasteiger partial charge in [-0.1, -0.05) is 0 Å². The lowest BCUT2D eigenvalue weighted by Gasteiger charge is -2.30. The van der Waals surface area contributed by atoms with E-state index in [2.05, 4.69) is 0 Å². The second-order valence-electron chi connectivity index (χ2n) is 9.90. The van der Waals surface area contributed by atoms with E-state index in [-0.39, 0.29) is 45.7 Å². The molecule has 0 bridgehead atoms. The molecule has 40 heavy (non-hydrogen) atoms. The number of nitriles is 1. The van der Waals surface area contributed by atoms with Crippen molar-refractivity contribution in [2.24, 2.45) is 0 Å². The molecule has 1 aromatic carbocycles. The van der Waals surface area contributed by atoms with Gasteiger partial charge in [0.25, 0.3) is 5.56 Å². The van der Waals surface area contributed by atoms with Crippen molar-refractivity contribution < 1.29 is 32.9 Å². The van der Waals surface area contributed by atoms with Crippen LogP contribution in [0.25, 0.3) is 10.2 Å². The fourth-order valence-electron chi connectivity index (χ4n) is 4.68. The molecular weight excluding hydrogens is 548 g/mol. The van der Waals surface area contributed by atoms with E-state index in [1.165, 1.54) is 30.5 Å². The second-order valence-corrected chi connectivity index (χ2v) is 10.9. The van der Waals surface area contributed by atoms with Crippen LogP contribution in [0.2, 0.25) is 0 Å². The summed E-state index contributed by atoms with van der Waals surface area (Å²) in [6.07, 6.45) is -0.303. The maximum atomic E-state index is 14.5. The average molecular weight is 578 g/mol. The molecular formula is C27H29F2N3O7S. The van der Waals surface area contributed by atoms with Gasteiger partial charge in [-0.05, 0) is 57.4 Å². The Bertz CT molecular complexity index is 1580. The van der Waals surface area contributed by atoms with Crippen LogP contribution in [0.15, 0.2) is 27.8 Å². The molecule has 3 aromatic rings. The average Bonchev–Trinajstić information content (AvgIpc) is 3.26. The lowest BCUT2D eigenvalue weighted by molar-refractivity contribution is -0.146. The summed E-state index contributed by atoms with van der Waals surface area (Å²) in [7, 11) is 0. The Morgan fingerprint density at radius 1 is 1.32 bits per heavy atom. The molecule has 0 radical (unpaired) electrons. The maximum absolute atomic E-state index is 14.5. The van der Waals surface area contributed by atoms with Crippen LogP contribution >= 0.6 is 11.3 Å². The van der Waals surface area contributed by atoms with Crippen molar-refractivity contribution in [1.29, 1.82) is 5.26 Å². The third-order valence-electron chi connectivity index (χ3n) is 6.92. The highest BCUT2D eigenvalue weighted by Crippen LogP contribution is 2.35. The summed E-state index contributed by atoms with van der Waals surface area (Å²) in [4.78, 5) is 39.9. The van der Waals surface area contributed by atoms with Crippen molar-refractivity contribution in [3.8, 4) is 11.8 Å². The van der Waals surface area contributed by atoms with Crippen molar-refractivity contribution in [2.45, 2.75) is 57.9 Å². The molecule has 0 spiro atoms. The number of benzene rings is 1. The van der Waals surface area contributed by atoms with Crippen molar-refractivity contribution in [1.82, 2.24) is 9.13 Å². The molecule has 2 aromatic heterocycles. The van der Waals surface area contributed by atoms with E-state index in [0.29, 0.717) is 36.2 Å². The summed E-state index contributed by atoms with van der Waals surface area (Å²) in [6.45, 7) is 3.52. The lowest BCUT2D eigenvalue weighted by atomic mass is 10.0. The van der Waals surface area contributed by atoms with Crippen LogP contribution in [0.5, 0.6) is 5.75 Å². The predicted octanol–water partition coefficient (Wildman–Crippen LogP) is 3.65. The minimum absolute atomic E-state index is 0.0356. The quantitative estimate of drug-likeness (QED) is 0.386. The highest BCUT2D eigenvalue weighted by Gasteiger charge is 2.36. The van der Waals surface area contributed by atoms with Gasteiger partial charge in [0, 0.05) is 18.8 Å². The van der Waals surface area contributed by atoms with Gasteiger partial charge >= 0.3 is 11.7 Å². The minimum Gasteiger partial charge on any atom is -0.490 e. The molecule has 0 amide bonds. The first-order valence-corrected chi connectivity index (χ1v) is 13.5. The third kappa shape index (κ3) is 5.52. The fourth-order valence-corrected chi connectivity index (χ4v) is 5.78. The minimum atomic E-state index is -1.93. The number of aliphatic carboxylic acids is 1. The number of fused-ring (bicyclic) bond motifs is 1. The Morgan fingerprint density at radius 2 is 2.02 bits per heavy atom. The van der Waals surface area contributed by atoms with Gasteiger partial charge in [0.2, 0.25) is 0 Å². The highest BCUT2D eigenvalue weighted by atomic mass is 32.1. The number of aryl methyl sites for hydroxylation is 1. The summed E-state index contributed by atoms with van der Waals surface area (Å²) in [5.41, 5.74) is -3.17. The van der Waals surface area contributed by atoms with Crippen LogP contribution in [-0.4, -0.2) is 52.8 Å². The van der Waals surface area contributed by atoms with Gasteiger partial charge in [-0.3, -0.25) is 9.36 Å². The number of hydrogen-bond acceptors (Lipinski definition) is 8. The lowest BCUT2D eigenvalue weighted by Crippen LogP contribution is -2.52. The van der Waals surface area contributed by atoms with Crippen molar-refractivity contribution in [3.05, 3.63) is 60.9 Å². The first-order chi connectivity index (χ1) is 19.0. The summed E-state index contributed by atoms with van der Waals surface area (Å²) >= 11 is 0.922. The van der Waals surface area contributed by atoms with Crippen LogP contribution in [-0.2, 0) is 26.4 Å². The van der Waals surface area contributed by atoms with Gasteiger partial charge in [-0.15, -0.1) is 11.3 Å². The molecule has 4 rings (SSSR count). The summed E-state index contributed by atoms with van der Waals surface area (Å²) in [5, 5.41) is 19.6. The molecule has 1 N–H and O–H groups in total. The van der Waals surface area contributed by atoms with E-state index in [1.54, 1.807) is 6.92 Å². The summed E-state index contributed by atoms with van der Waals surface area (Å²) < 4.78 is 46.7. The first-order valence-electron chi connectivity index (χ1n) is 12.7. The molecule has 0 saturated carbocycles. The number of carboxylic acid groups (broad SMARTS) is 1. The largest absolute Gasteiger partial charge is 0.490 e. The Labute approximate surface area is 231 Å². The van der Waals surface area contributed by atoms with Crippen molar-refractivity contribution in [2.75, 3.05) is 26.5 Å². The molecule has 10 nitrogen and oxygen atoms in total. The van der Waals surface area contributed by atoms with Gasteiger partial charge in [0.15, 0.2) is 0 Å². The molecule has 1 aliphatic heterocycles. The monoisotopic (exact) mass is 577 g/mol. The number of halogens is 2. The zero-order chi connectivity index (χ0) is 29.2. The molecule has 1 aliphatic rings. The normalized spacial score (nSPS) is 15.2. The molecule has 0 aliphatic carbocycles. The van der Waals surface area contributed by atoms with E-state index in [1.807, 2.05) is 6.07 Å². The van der Waals surface area contributed by atoms with Crippen LogP contribution in [0.3, 0.4) is 0 Å². The van der Waals surface area contributed by atoms with E-state index in [0.717, 1.165) is 17.4 Å². The highest BCUT2D eigenvalue weighted by molar-refractivity contribution is 7.19. The second kappa shape index (κ2) is 11.9.